The smallest absolute Gasteiger partial charge is 0.406 e. The molecule has 0 spiro atoms. The number of hydrogen-bond acceptors (Lipinski definition) is 5. The molecule has 4 rings (SSSR count). The first-order chi connectivity index (χ1) is 14.8. The lowest BCUT2D eigenvalue weighted by atomic mass is 10.1. The van der Waals surface area contributed by atoms with Gasteiger partial charge in [-0.05, 0) is 31.5 Å². The van der Waals surface area contributed by atoms with Crippen molar-refractivity contribution in [2.45, 2.75) is 37.0 Å². The minimum atomic E-state index is -4.38. The minimum Gasteiger partial charge on any atom is -0.419 e. The number of thioether (sulfide) groups is 1. The molecule has 0 amide bonds. The van der Waals surface area contributed by atoms with Crippen LogP contribution in [-0.4, -0.2) is 25.9 Å². The lowest BCUT2D eigenvalue weighted by Gasteiger charge is -2.15. The highest BCUT2D eigenvalue weighted by atomic mass is 32.2. The summed E-state index contributed by atoms with van der Waals surface area (Å²) >= 11 is 1.15. The van der Waals surface area contributed by atoms with E-state index in [2.05, 4.69) is 15.2 Å². The average Bonchev–Trinajstić information content (AvgIpc) is 3.36. The van der Waals surface area contributed by atoms with E-state index >= 15 is 0 Å². The van der Waals surface area contributed by atoms with E-state index in [9.17, 15) is 13.2 Å². The number of aryl methyl sites for hydroxylation is 1. The SMILES string of the molecule is Cc1ccc(-c2nnc(C(C)Sc3ncc(-c4ccccc4)n3CC(F)(F)F)o2)cc1. The maximum absolute atomic E-state index is 13.3. The molecule has 0 aliphatic heterocycles. The van der Waals surface area contributed by atoms with Crippen LogP contribution in [0, 0.1) is 6.92 Å². The van der Waals surface area contributed by atoms with Crippen molar-refractivity contribution < 1.29 is 17.6 Å². The molecule has 0 aliphatic rings. The second-order valence-corrected chi connectivity index (χ2v) is 8.37. The van der Waals surface area contributed by atoms with Crippen LogP contribution < -0.4 is 0 Å². The van der Waals surface area contributed by atoms with Crippen LogP contribution in [0.3, 0.4) is 0 Å². The van der Waals surface area contributed by atoms with Crippen LogP contribution in [0.4, 0.5) is 13.2 Å². The largest absolute Gasteiger partial charge is 0.419 e. The zero-order chi connectivity index (χ0) is 22.0. The van der Waals surface area contributed by atoms with Crippen LogP contribution >= 0.6 is 11.8 Å². The molecule has 0 bridgehead atoms. The van der Waals surface area contributed by atoms with Crippen LogP contribution in [0.15, 0.2) is 70.4 Å². The summed E-state index contributed by atoms with van der Waals surface area (Å²) in [6.45, 7) is 2.64. The van der Waals surface area contributed by atoms with Gasteiger partial charge in [-0.15, -0.1) is 10.2 Å². The molecule has 0 saturated carbocycles. The first kappa shape index (κ1) is 21.2. The average molecular weight is 444 g/mol. The van der Waals surface area contributed by atoms with Gasteiger partial charge in [0.25, 0.3) is 0 Å². The normalized spacial score (nSPS) is 12.8. The van der Waals surface area contributed by atoms with Crippen LogP contribution in [0.2, 0.25) is 0 Å². The van der Waals surface area contributed by atoms with E-state index < -0.39 is 12.7 Å². The van der Waals surface area contributed by atoms with Gasteiger partial charge < -0.3 is 8.98 Å². The molecule has 0 aliphatic carbocycles. The molecule has 0 N–H and O–H groups in total. The number of aromatic nitrogens is 4. The van der Waals surface area contributed by atoms with Gasteiger partial charge >= 0.3 is 6.18 Å². The van der Waals surface area contributed by atoms with Crippen LogP contribution in [0.1, 0.15) is 23.6 Å². The van der Waals surface area contributed by atoms with Crippen molar-refractivity contribution in [1.29, 1.82) is 0 Å². The zero-order valence-electron chi connectivity index (χ0n) is 16.8. The van der Waals surface area contributed by atoms with E-state index in [1.54, 1.807) is 31.2 Å². The Hall–Kier alpha value is -3.07. The van der Waals surface area contributed by atoms with Gasteiger partial charge in [-0.2, -0.15) is 13.2 Å². The molecule has 2 aromatic carbocycles. The Morgan fingerprint density at radius 3 is 2.39 bits per heavy atom. The fourth-order valence-electron chi connectivity index (χ4n) is 3.04. The van der Waals surface area contributed by atoms with Crippen molar-refractivity contribution in [2.24, 2.45) is 0 Å². The van der Waals surface area contributed by atoms with E-state index in [0.717, 1.165) is 22.9 Å². The van der Waals surface area contributed by atoms with Gasteiger partial charge in [-0.3, -0.25) is 0 Å². The Labute approximate surface area is 181 Å². The lowest BCUT2D eigenvalue weighted by Crippen LogP contribution is -2.19. The van der Waals surface area contributed by atoms with Crippen molar-refractivity contribution >= 4 is 11.8 Å². The summed E-state index contributed by atoms with van der Waals surface area (Å²) in [5.74, 6) is 0.689. The molecule has 2 heterocycles. The predicted octanol–water partition coefficient (Wildman–Crippen LogP) is 6.32. The summed E-state index contributed by atoms with van der Waals surface area (Å²) in [6.07, 6.45) is -2.92. The summed E-state index contributed by atoms with van der Waals surface area (Å²) in [5.41, 5.74) is 2.96. The van der Waals surface area contributed by atoms with E-state index in [1.807, 2.05) is 37.3 Å². The fraction of sp³-hybridized carbons (Fsp3) is 0.227. The number of imidazole rings is 1. The van der Waals surface area contributed by atoms with Gasteiger partial charge in [0, 0.05) is 5.56 Å². The first-order valence-corrected chi connectivity index (χ1v) is 10.4. The Morgan fingerprint density at radius 1 is 1.00 bits per heavy atom. The Balaban J connectivity index is 1.60. The molecular formula is C22H19F3N4OS. The third kappa shape index (κ3) is 4.99. The van der Waals surface area contributed by atoms with Crippen molar-refractivity contribution in [3.8, 4) is 22.7 Å². The van der Waals surface area contributed by atoms with Crippen molar-refractivity contribution in [3.05, 3.63) is 72.2 Å². The number of rotatable bonds is 6. The molecule has 160 valence electrons. The first-order valence-electron chi connectivity index (χ1n) is 9.55. The number of nitrogens with zero attached hydrogens (tertiary/aromatic N) is 4. The van der Waals surface area contributed by atoms with Crippen molar-refractivity contribution in [1.82, 2.24) is 19.7 Å². The second-order valence-electron chi connectivity index (χ2n) is 7.06. The van der Waals surface area contributed by atoms with Gasteiger partial charge in [0.15, 0.2) is 5.16 Å². The maximum Gasteiger partial charge on any atom is 0.406 e. The van der Waals surface area contributed by atoms with E-state index in [0.29, 0.717) is 23.0 Å². The summed E-state index contributed by atoms with van der Waals surface area (Å²) in [5, 5.41) is 8.01. The Kier molecular flexibility index (Phi) is 5.86. The Bertz CT molecular complexity index is 1150. The number of hydrogen-bond donors (Lipinski definition) is 0. The summed E-state index contributed by atoms with van der Waals surface area (Å²) in [7, 11) is 0. The molecule has 0 fully saturated rings. The number of alkyl halides is 3. The Morgan fingerprint density at radius 2 is 1.71 bits per heavy atom. The van der Waals surface area contributed by atoms with Crippen LogP contribution in [0.25, 0.3) is 22.7 Å². The van der Waals surface area contributed by atoms with E-state index in [4.69, 9.17) is 4.42 Å². The standard InChI is InChI=1S/C22H19F3N4OS/c1-14-8-10-17(11-9-14)20-28-27-19(30-20)15(2)31-21-26-12-18(16-6-4-3-5-7-16)29(21)13-22(23,24)25/h3-12,15H,13H2,1-2H3. The summed E-state index contributed by atoms with van der Waals surface area (Å²) in [4.78, 5) is 4.25. The summed E-state index contributed by atoms with van der Waals surface area (Å²) in [6, 6.07) is 16.5. The van der Waals surface area contributed by atoms with Crippen LogP contribution in [0.5, 0.6) is 0 Å². The van der Waals surface area contributed by atoms with Gasteiger partial charge in [-0.25, -0.2) is 4.98 Å². The maximum atomic E-state index is 13.3. The quantitative estimate of drug-likeness (QED) is 0.326. The number of benzene rings is 2. The molecule has 1 unspecified atom stereocenters. The molecule has 9 heteroatoms. The molecule has 2 aromatic heterocycles. The molecule has 0 saturated heterocycles. The third-order valence-corrected chi connectivity index (χ3v) is 5.69. The number of halogens is 3. The van der Waals surface area contributed by atoms with Crippen molar-refractivity contribution in [3.63, 3.8) is 0 Å². The fourth-order valence-corrected chi connectivity index (χ4v) is 3.96. The molecule has 5 nitrogen and oxygen atoms in total. The lowest BCUT2D eigenvalue weighted by molar-refractivity contribution is -0.141. The highest BCUT2D eigenvalue weighted by Gasteiger charge is 2.31. The van der Waals surface area contributed by atoms with Crippen molar-refractivity contribution in [2.75, 3.05) is 0 Å². The molecule has 0 radical (unpaired) electrons. The predicted molar refractivity (Wildman–Crippen MR) is 112 cm³/mol. The van der Waals surface area contributed by atoms with Crippen LogP contribution in [-0.2, 0) is 6.54 Å². The molecule has 4 aromatic rings. The molecular weight excluding hydrogens is 425 g/mol. The zero-order valence-corrected chi connectivity index (χ0v) is 17.6. The topological polar surface area (TPSA) is 56.7 Å². The molecule has 1 atom stereocenters. The van der Waals surface area contributed by atoms with Gasteiger partial charge in [0.2, 0.25) is 11.8 Å². The van der Waals surface area contributed by atoms with Gasteiger partial charge in [0.1, 0.15) is 6.54 Å². The highest BCUT2D eigenvalue weighted by molar-refractivity contribution is 7.99. The van der Waals surface area contributed by atoms with E-state index in [-0.39, 0.29) is 10.4 Å². The minimum absolute atomic E-state index is 0.235. The van der Waals surface area contributed by atoms with Gasteiger partial charge in [-0.1, -0.05) is 59.8 Å². The monoisotopic (exact) mass is 444 g/mol. The second kappa shape index (κ2) is 8.58. The highest BCUT2D eigenvalue weighted by Crippen LogP contribution is 2.37. The van der Waals surface area contributed by atoms with Gasteiger partial charge in [0.05, 0.1) is 17.1 Å². The molecule has 31 heavy (non-hydrogen) atoms. The summed E-state index contributed by atoms with van der Waals surface area (Å²) < 4.78 is 46.8. The van der Waals surface area contributed by atoms with E-state index in [1.165, 1.54) is 10.8 Å². The third-order valence-electron chi connectivity index (χ3n) is 4.60.